The smallest absolute Gasteiger partial charge is 0.315 e. The molecule has 0 aliphatic rings. The lowest BCUT2D eigenvalue weighted by atomic mass is 9.75. The normalized spacial score (nSPS) is 13.7. The van der Waals surface area contributed by atoms with Crippen molar-refractivity contribution in [3.8, 4) is 0 Å². The van der Waals surface area contributed by atoms with Crippen LogP contribution in [-0.2, 0) is 16.6 Å². The van der Waals surface area contributed by atoms with E-state index in [-0.39, 0.29) is 18.5 Å². The predicted molar refractivity (Wildman–Crippen MR) is 79.7 cm³/mol. The summed E-state index contributed by atoms with van der Waals surface area (Å²) in [6.07, 6.45) is 0.154. The second-order valence-corrected chi connectivity index (χ2v) is 5.24. The minimum atomic E-state index is -1.46. The van der Waals surface area contributed by atoms with Crippen LogP contribution in [0.4, 0.5) is 4.39 Å². The van der Waals surface area contributed by atoms with Crippen molar-refractivity contribution in [2.24, 2.45) is 5.73 Å². The molecule has 0 saturated carbocycles. The van der Waals surface area contributed by atoms with Gasteiger partial charge in [0.2, 0.25) is 0 Å². The Morgan fingerprint density at radius 1 is 1.24 bits per heavy atom. The minimum Gasteiger partial charge on any atom is -0.481 e. The molecule has 21 heavy (non-hydrogen) atoms. The zero-order valence-corrected chi connectivity index (χ0v) is 11.8. The van der Waals surface area contributed by atoms with E-state index < -0.39 is 17.2 Å². The van der Waals surface area contributed by atoms with Gasteiger partial charge in [0.05, 0.1) is 0 Å². The van der Waals surface area contributed by atoms with Gasteiger partial charge in [0.25, 0.3) is 0 Å². The Balaban J connectivity index is 2.53. The standard InChI is InChI=1S/C17H18FNO2/c1-12-5-4-6-13(9-12)10-17(11-19,16(20)21)14-7-2-3-8-15(14)18/h2-9H,10-11,19H2,1H3,(H,20,21). The molecule has 0 fully saturated rings. The highest BCUT2D eigenvalue weighted by Crippen LogP contribution is 2.30. The monoisotopic (exact) mass is 287 g/mol. The van der Waals surface area contributed by atoms with Crippen LogP contribution in [0.1, 0.15) is 16.7 Å². The largest absolute Gasteiger partial charge is 0.481 e. The van der Waals surface area contributed by atoms with E-state index in [0.717, 1.165) is 11.1 Å². The zero-order chi connectivity index (χ0) is 15.5. The Morgan fingerprint density at radius 2 is 1.95 bits per heavy atom. The Bertz CT molecular complexity index is 657. The summed E-state index contributed by atoms with van der Waals surface area (Å²) in [5.41, 5.74) is 6.27. The van der Waals surface area contributed by atoms with Gasteiger partial charge in [-0.1, -0.05) is 48.0 Å². The van der Waals surface area contributed by atoms with E-state index in [1.807, 2.05) is 31.2 Å². The number of aliphatic carboxylic acids is 1. The van der Waals surface area contributed by atoms with Crippen molar-refractivity contribution >= 4 is 5.97 Å². The first-order valence-corrected chi connectivity index (χ1v) is 6.73. The number of hydrogen-bond acceptors (Lipinski definition) is 2. The molecule has 4 heteroatoms. The molecule has 0 aliphatic carbocycles. The number of carbonyl (C=O) groups is 1. The van der Waals surface area contributed by atoms with E-state index in [4.69, 9.17) is 5.73 Å². The lowest BCUT2D eigenvalue weighted by molar-refractivity contribution is -0.143. The lowest BCUT2D eigenvalue weighted by Gasteiger charge is -2.29. The third-order valence-electron chi connectivity index (χ3n) is 3.74. The van der Waals surface area contributed by atoms with Gasteiger partial charge in [-0.3, -0.25) is 4.79 Å². The molecule has 0 radical (unpaired) electrons. The van der Waals surface area contributed by atoms with Gasteiger partial charge >= 0.3 is 5.97 Å². The van der Waals surface area contributed by atoms with Crippen molar-refractivity contribution in [2.75, 3.05) is 6.54 Å². The number of aryl methyl sites for hydroxylation is 1. The van der Waals surface area contributed by atoms with E-state index in [0.29, 0.717) is 0 Å². The number of nitrogens with two attached hydrogens (primary N) is 1. The Labute approximate surface area is 123 Å². The summed E-state index contributed by atoms with van der Waals surface area (Å²) in [6, 6.07) is 13.4. The molecule has 3 N–H and O–H groups in total. The van der Waals surface area contributed by atoms with Crippen molar-refractivity contribution in [1.29, 1.82) is 0 Å². The van der Waals surface area contributed by atoms with Crippen LogP contribution in [0.2, 0.25) is 0 Å². The topological polar surface area (TPSA) is 63.3 Å². The van der Waals surface area contributed by atoms with E-state index in [1.165, 1.54) is 18.2 Å². The fraction of sp³-hybridized carbons (Fsp3) is 0.235. The first kappa shape index (κ1) is 15.2. The molecule has 0 spiro atoms. The third-order valence-corrected chi connectivity index (χ3v) is 3.74. The van der Waals surface area contributed by atoms with Gasteiger partial charge in [-0.2, -0.15) is 0 Å². The molecular formula is C17H18FNO2. The van der Waals surface area contributed by atoms with Crippen LogP contribution in [0.3, 0.4) is 0 Å². The van der Waals surface area contributed by atoms with Gasteiger partial charge in [0.15, 0.2) is 0 Å². The highest BCUT2D eigenvalue weighted by atomic mass is 19.1. The summed E-state index contributed by atoms with van der Waals surface area (Å²) in [4.78, 5) is 11.8. The quantitative estimate of drug-likeness (QED) is 0.888. The highest BCUT2D eigenvalue weighted by Gasteiger charge is 2.41. The SMILES string of the molecule is Cc1cccc(CC(CN)(C(=O)O)c2ccccc2F)c1. The van der Waals surface area contributed by atoms with Gasteiger partial charge in [-0.05, 0) is 25.0 Å². The Hall–Kier alpha value is -2.20. The van der Waals surface area contributed by atoms with Gasteiger partial charge in [-0.15, -0.1) is 0 Å². The molecule has 1 unspecified atom stereocenters. The molecule has 2 aromatic carbocycles. The summed E-state index contributed by atoms with van der Waals surface area (Å²) >= 11 is 0. The second kappa shape index (κ2) is 6.06. The van der Waals surface area contributed by atoms with E-state index in [1.54, 1.807) is 6.07 Å². The molecule has 0 heterocycles. The van der Waals surface area contributed by atoms with Crippen LogP contribution >= 0.6 is 0 Å². The first-order valence-electron chi connectivity index (χ1n) is 6.73. The third kappa shape index (κ3) is 2.95. The molecule has 2 rings (SSSR count). The molecular weight excluding hydrogens is 269 g/mol. The number of halogens is 1. The lowest BCUT2D eigenvalue weighted by Crippen LogP contribution is -2.45. The van der Waals surface area contributed by atoms with Crippen molar-refractivity contribution < 1.29 is 14.3 Å². The van der Waals surface area contributed by atoms with Crippen LogP contribution in [0.15, 0.2) is 48.5 Å². The van der Waals surface area contributed by atoms with Crippen LogP contribution in [0.5, 0.6) is 0 Å². The number of hydrogen-bond donors (Lipinski definition) is 2. The molecule has 3 nitrogen and oxygen atoms in total. The fourth-order valence-electron chi connectivity index (χ4n) is 2.58. The zero-order valence-electron chi connectivity index (χ0n) is 11.8. The van der Waals surface area contributed by atoms with Crippen LogP contribution in [-0.4, -0.2) is 17.6 Å². The second-order valence-electron chi connectivity index (χ2n) is 5.24. The van der Waals surface area contributed by atoms with Gasteiger partial charge in [0.1, 0.15) is 11.2 Å². The summed E-state index contributed by atoms with van der Waals surface area (Å²) in [5.74, 6) is -1.66. The highest BCUT2D eigenvalue weighted by molar-refractivity contribution is 5.82. The van der Waals surface area contributed by atoms with Gasteiger partial charge in [0, 0.05) is 12.1 Å². The molecule has 1 atom stereocenters. The molecule has 2 aromatic rings. The van der Waals surface area contributed by atoms with Crippen LogP contribution in [0.25, 0.3) is 0 Å². The number of benzene rings is 2. The molecule has 110 valence electrons. The Morgan fingerprint density at radius 3 is 2.52 bits per heavy atom. The molecule has 0 bridgehead atoms. The van der Waals surface area contributed by atoms with Crippen molar-refractivity contribution in [1.82, 2.24) is 0 Å². The van der Waals surface area contributed by atoms with E-state index in [9.17, 15) is 14.3 Å². The summed E-state index contributed by atoms with van der Waals surface area (Å²) in [5, 5.41) is 9.69. The van der Waals surface area contributed by atoms with Crippen LogP contribution in [0, 0.1) is 12.7 Å². The number of carboxylic acids is 1. The molecule has 0 aromatic heterocycles. The first-order chi connectivity index (χ1) is 9.99. The number of carboxylic acid groups (broad SMARTS) is 1. The van der Waals surface area contributed by atoms with Crippen molar-refractivity contribution in [3.63, 3.8) is 0 Å². The summed E-state index contributed by atoms with van der Waals surface area (Å²) in [7, 11) is 0. The average Bonchev–Trinajstić information content (AvgIpc) is 2.45. The van der Waals surface area contributed by atoms with Crippen LogP contribution < -0.4 is 5.73 Å². The summed E-state index contributed by atoms with van der Waals surface area (Å²) < 4.78 is 14.1. The summed E-state index contributed by atoms with van der Waals surface area (Å²) in [6.45, 7) is 1.76. The molecule has 0 aliphatic heterocycles. The number of rotatable bonds is 5. The fourth-order valence-corrected chi connectivity index (χ4v) is 2.58. The van der Waals surface area contributed by atoms with Gasteiger partial charge in [-0.25, -0.2) is 4.39 Å². The average molecular weight is 287 g/mol. The van der Waals surface area contributed by atoms with Gasteiger partial charge < -0.3 is 10.8 Å². The maximum Gasteiger partial charge on any atom is 0.315 e. The van der Waals surface area contributed by atoms with E-state index in [2.05, 4.69) is 0 Å². The predicted octanol–water partition coefficient (Wildman–Crippen LogP) is 2.66. The maximum atomic E-state index is 14.1. The maximum absolute atomic E-state index is 14.1. The minimum absolute atomic E-state index is 0.126. The molecule has 0 amide bonds. The molecule has 0 saturated heterocycles. The Kier molecular flexibility index (Phi) is 4.38. The van der Waals surface area contributed by atoms with Crippen molar-refractivity contribution in [3.05, 3.63) is 71.0 Å². The van der Waals surface area contributed by atoms with E-state index >= 15 is 0 Å². The van der Waals surface area contributed by atoms with Crippen molar-refractivity contribution in [2.45, 2.75) is 18.8 Å².